The summed E-state index contributed by atoms with van der Waals surface area (Å²) in [6.45, 7) is 0. The summed E-state index contributed by atoms with van der Waals surface area (Å²) in [5.41, 5.74) is 2.34. The van der Waals surface area contributed by atoms with Crippen molar-refractivity contribution in [2.24, 2.45) is 0 Å². The SMILES string of the molecule is O=C(O)C1C[C@@H](c2ccccc2)[C@H](c2ccccc2)N1. The first-order chi connectivity index (χ1) is 9.75. The van der Waals surface area contributed by atoms with Crippen LogP contribution in [0, 0.1) is 0 Å². The van der Waals surface area contributed by atoms with Gasteiger partial charge < -0.3 is 5.11 Å². The summed E-state index contributed by atoms with van der Waals surface area (Å²) in [6, 6.07) is 19.8. The second-order valence-electron chi connectivity index (χ2n) is 5.20. The van der Waals surface area contributed by atoms with Gasteiger partial charge in [-0.05, 0) is 17.5 Å². The van der Waals surface area contributed by atoms with E-state index in [0.29, 0.717) is 6.42 Å². The minimum Gasteiger partial charge on any atom is -0.480 e. The maximum absolute atomic E-state index is 11.3. The lowest BCUT2D eigenvalue weighted by atomic mass is 9.87. The predicted molar refractivity (Wildman–Crippen MR) is 77.5 cm³/mol. The van der Waals surface area contributed by atoms with Crippen LogP contribution in [0.15, 0.2) is 60.7 Å². The highest BCUT2D eigenvalue weighted by atomic mass is 16.4. The second-order valence-corrected chi connectivity index (χ2v) is 5.20. The van der Waals surface area contributed by atoms with Crippen molar-refractivity contribution in [3.8, 4) is 0 Å². The average Bonchev–Trinajstić information content (AvgIpc) is 2.94. The molecule has 1 aliphatic heterocycles. The Hall–Kier alpha value is -2.13. The lowest BCUT2D eigenvalue weighted by molar-refractivity contribution is -0.139. The van der Waals surface area contributed by atoms with Crippen LogP contribution < -0.4 is 5.32 Å². The van der Waals surface area contributed by atoms with Crippen LogP contribution in [0.4, 0.5) is 0 Å². The Labute approximate surface area is 118 Å². The van der Waals surface area contributed by atoms with Gasteiger partial charge in [-0.2, -0.15) is 0 Å². The quantitative estimate of drug-likeness (QED) is 0.899. The number of rotatable bonds is 3. The van der Waals surface area contributed by atoms with Crippen molar-refractivity contribution in [1.82, 2.24) is 5.32 Å². The molecule has 0 saturated carbocycles. The van der Waals surface area contributed by atoms with E-state index in [1.165, 1.54) is 5.56 Å². The van der Waals surface area contributed by atoms with Crippen LogP contribution >= 0.6 is 0 Å². The Morgan fingerprint density at radius 2 is 1.50 bits per heavy atom. The molecular weight excluding hydrogens is 250 g/mol. The fourth-order valence-corrected chi connectivity index (χ4v) is 2.98. The van der Waals surface area contributed by atoms with Crippen LogP contribution in [0.2, 0.25) is 0 Å². The molecule has 1 saturated heterocycles. The summed E-state index contributed by atoms with van der Waals surface area (Å²) in [5, 5.41) is 12.5. The van der Waals surface area contributed by atoms with Gasteiger partial charge >= 0.3 is 5.97 Å². The van der Waals surface area contributed by atoms with Crippen molar-refractivity contribution in [3.63, 3.8) is 0 Å². The van der Waals surface area contributed by atoms with E-state index < -0.39 is 12.0 Å². The standard InChI is InChI=1S/C17H17NO2/c19-17(20)15-11-14(12-7-3-1-4-8-12)16(18-15)13-9-5-2-6-10-13/h1-10,14-16,18H,11H2,(H,19,20)/t14-,15?,16-/m0/s1. The molecule has 3 heteroatoms. The Morgan fingerprint density at radius 1 is 0.950 bits per heavy atom. The van der Waals surface area contributed by atoms with Gasteiger partial charge in [-0.15, -0.1) is 0 Å². The Morgan fingerprint density at radius 3 is 2.05 bits per heavy atom. The molecule has 20 heavy (non-hydrogen) atoms. The van der Waals surface area contributed by atoms with E-state index in [9.17, 15) is 9.90 Å². The molecule has 102 valence electrons. The smallest absolute Gasteiger partial charge is 0.320 e. The molecule has 0 spiro atoms. The number of hydrogen-bond acceptors (Lipinski definition) is 2. The monoisotopic (exact) mass is 267 g/mol. The van der Waals surface area contributed by atoms with Crippen molar-refractivity contribution in [2.45, 2.75) is 24.4 Å². The molecule has 0 amide bonds. The fraction of sp³-hybridized carbons (Fsp3) is 0.235. The highest BCUT2D eigenvalue weighted by molar-refractivity contribution is 5.74. The summed E-state index contributed by atoms with van der Waals surface area (Å²) < 4.78 is 0. The maximum atomic E-state index is 11.3. The molecule has 0 radical (unpaired) electrons. The minimum atomic E-state index is -0.774. The lowest BCUT2D eigenvalue weighted by Crippen LogP contribution is -2.31. The summed E-state index contributed by atoms with van der Waals surface area (Å²) in [4.78, 5) is 11.3. The summed E-state index contributed by atoms with van der Waals surface area (Å²) in [5.74, 6) is -0.580. The van der Waals surface area contributed by atoms with Gasteiger partial charge in [0, 0.05) is 12.0 Å². The third kappa shape index (κ3) is 2.45. The number of carboxylic acids is 1. The summed E-state index contributed by atoms with van der Waals surface area (Å²) in [6.07, 6.45) is 0.624. The molecular formula is C17H17NO2. The summed E-state index contributed by atoms with van der Waals surface area (Å²) in [7, 11) is 0. The fourth-order valence-electron chi connectivity index (χ4n) is 2.98. The zero-order valence-corrected chi connectivity index (χ0v) is 11.1. The summed E-state index contributed by atoms with van der Waals surface area (Å²) >= 11 is 0. The number of hydrogen-bond donors (Lipinski definition) is 2. The zero-order valence-electron chi connectivity index (χ0n) is 11.1. The first kappa shape index (κ1) is 12.9. The zero-order chi connectivity index (χ0) is 13.9. The molecule has 1 fully saturated rings. The van der Waals surface area contributed by atoms with Crippen molar-refractivity contribution in [2.75, 3.05) is 0 Å². The second kappa shape index (κ2) is 5.47. The van der Waals surface area contributed by atoms with E-state index in [-0.39, 0.29) is 12.0 Å². The first-order valence-corrected chi connectivity index (χ1v) is 6.84. The van der Waals surface area contributed by atoms with Crippen molar-refractivity contribution < 1.29 is 9.90 Å². The molecule has 1 unspecified atom stereocenters. The van der Waals surface area contributed by atoms with Crippen molar-refractivity contribution in [1.29, 1.82) is 0 Å². The molecule has 3 atom stereocenters. The topological polar surface area (TPSA) is 49.3 Å². The van der Waals surface area contributed by atoms with Gasteiger partial charge in [-0.25, -0.2) is 0 Å². The number of carboxylic acid groups (broad SMARTS) is 1. The predicted octanol–water partition coefficient (Wildman–Crippen LogP) is 2.96. The molecule has 0 aliphatic carbocycles. The van der Waals surface area contributed by atoms with Crippen LogP contribution in [0.25, 0.3) is 0 Å². The van der Waals surface area contributed by atoms with Crippen molar-refractivity contribution in [3.05, 3.63) is 71.8 Å². The first-order valence-electron chi connectivity index (χ1n) is 6.84. The number of benzene rings is 2. The maximum Gasteiger partial charge on any atom is 0.320 e. The van der Waals surface area contributed by atoms with E-state index in [1.54, 1.807) is 0 Å². The lowest BCUT2D eigenvalue weighted by Gasteiger charge is -2.20. The Kier molecular flexibility index (Phi) is 3.52. The molecule has 3 rings (SSSR count). The van der Waals surface area contributed by atoms with Crippen molar-refractivity contribution >= 4 is 5.97 Å². The van der Waals surface area contributed by atoms with Gasteiger partial charge in [0.1, 0.15) is 6.04 Å². The Bertz CT molecular complexity index is 535. The molecule has 2 N–H and O–H groups in total. The van der Waals surface area contributed by atoms with E-state index in [4.69, 9.17) is 0 Å². The van der Waals surface area contributed by atoms with Gasteiger partial charge in [0.05, 0.1) is 0 Å². The van der Waals surface area contributed by atoms with Gasteiger partial charge in [-0.3, -0.25) is 10.1 Å². The molecule has 1 heterocycles. The van der Waals surface area contributed by atoms with Crippen LogP contribution in [0.1, 0.15) is 29.5 Å². The van der Waals surface area contributed by atoms with Crippen LogP contribution in [0.3, 0.4) is 0 Å². The van der Waals surface area contributed by atoms with E-state index in [1.807, 2.05) is 36.4 Å². The van der Waals surface area contributed by atoms with Crippen LogP contribution in [0.5, 0.6) is 0 Å². The minimum absolute atomic E-state index is 0.0553. The average molecular weight is 267 g/mol. The molecule has 2 aromatic carbocycles. The normalized spacial score (nSPS) is 25.5. The molecule has 0 bridgehead atoms. The Balaban J connectivity index is 1.95. The van der Waals surface area contributed by atoms with E-state index in [0.717, 1.165) is 5.56 Å². The molecule has 2 aromatic rings. The number of nitrogens with one attached hydrogen (secondary N) is 1. The van der Waals surface area contributed by atoms with Gasteiger partial charge in [0.25, 0.3) is 0 Å². The molecule has 0 aromatic heterocycles. The highest BCUT2D eigenvalue weighted by Crippen LogP contribution is 2.40. The van der Waals surface area contributed by atoms with E-state index in [2.05, 4.69) is 29.6 Å². The van der Waals surface area contributed by atoms with Gasteiger partial charge in [0.2, 0.25) is 0 Å². The highest BCUT2D eigenvalue weighted by Gasteiger charge is 2.38. The third-order valence-corrected chi connectivity index (χ3v) is 3.96. The van der Waals surface area contributed by atoms with Crippen LogP contribution in [-0.4, -0.2) is 17.1 Å². The van der Waals surface area contributed by atoms with Crippen LogP contribution in [-0.2, 0) is 4.79 Å². The number of aliphatic carboxylic acids is 1. The molecule has 1 aliphatic rings. The van der Waals surface area contributed by atoms with Gasteiger partial charge in [0.15, 0.2) is 0 Å². The number of carbonyl (C=O) groups is 1. The van der Waals surface area contributed by atoms with E-state index >= 15 is 0 Å². The molecule has 3 nitrogen and oxygen atoms in total. The third-order valence-electron chi connectivity index (χ3n) is 3.96. The largest absolute Gasteiger partial charge is 0.480 e. The van der Waals surface area contributed by atoms with Gasteiger partial charge in [-0.1, -0.05) is 60.7 Å².